The van der Waals surface area contributed by atoms with Gasteiger partial charge < -0.3 is 9.97 Å². The predicted molar refractivity (Wildman–Crippen MR) is 122 cm³/mol. The normalized spacial score (nSPS) is 12.3. The summed E-state index contributed by atoms with van der Waals surface area (Å²) in [5.41, 5.74) is 3.30. The van der Waals surface area contributed by atoms with E-state index in [9.17, 15) is 9.59 Å². The van der Waals surface area contributed by atoms with Crippen LogP contribution in [0.4, 0.5) is 0 Å². The van der Waals surface area contributed by atoms with Gasteiger partial charge in [0, 0.05) is 26.6 Å². The number of nitrogens with one attached hydrogen (secondary N) is 2. The van der Waals surface area contributed by atoms with Crippen LogP contribution in [0.25, 0.3) is 41.3 Å². The Balaban J connectivity index is 1.52. The van der Waals surface area contributed by atoms with Crippen molar-refractivity contribution in [2.45, 2.75) is 0 Å². The third-order valence-corrected chi connectivity index (χ3v) is 7.78. The van der Waals surface area contributed by atoms with Crippen LogP contribution < -0.4 is 11.1 Å². The first-order valence-corrected chi connectivity index (χ1v) is 12.0. The Labute approximate surface area is 170 Å². The van der Waals surface area contributed by atoms with Crippen LogP contribution in [0.5, 0.6) is 0 Å². The number of fused-ring (bicyclic) bond motifs is 2. The number of H-pyrrole nitrogens is 2. The highest BCUT2D eigenvalue weighted by atomic mass is 32.1. The molecular formula is C18H12N4O2P2S2. The standard InChI is InChI=1S/C18H12N4O2P2S2/c23-7-25-17-19-5-11(21-17)15-3-9-1-13-10(2-14(9)28-15)4-16(27-13)12-6-20-18(22-12)26-8-24/h1-8,25-26H,(H,19,21)(H,20,22). The van der Waals surface area contributed by atoms with E-state index in [0.717, 1.165) is 33.2 Å². The molecule has 5 aromatic rings. The number of benzene rings is 1. The lowest BCUT2D eigenvalue weighted by molar-refractivity contribution is 0.569. The van der Waals surface area contributed by atoms with E-state index >= 15 is 0 Å². The Hall–Kier alpha value is -2.24. The summed E-state index contributed by atoms with van der Waals surface area (Å²) in [5.74, 6) is 0. The summed E-state index contributed by atoms with van der Waals surface area (Å²) >= 11 is 3.41. The maximum atomic E-state index is 10.7. The van der Waals surface area contributed by atoms with E-state index in [1.807, 2.05) is 0 Å². The first kappa shape index (κ1) is 17.8. The van der Waals surface area contributed by atoms with Gasteiger partial charge in [-0.15, -0.1) is 22.7 Å². The van der Waals surface area contributed by atoms with Crippen molar-refractivity contribution in [1.82, 2.24) is 19.9 Å². The van der Waals surface area contributed by atoms with Crippen molar-refractivity contribution in [3.63, 3.8) is 0 Å². The van der Waals surface area contributed by atoms with E-state index in [4.69, 9.17) is 0 Å². The number of imidazole rings is 2. The molecule has 1 aromatic carbocycles. The van der Waals surface area contributed by atoms with E-state index in [0.29, 0.717) is 11.1 Å². The molecule has 0 saturated heterocycles. The smallest absolute Gasteiger partial charge is 0.146 e. The second-order valence-corrected chi connectivity index (χ2v) is 10.1. The molecule has 4 aromatic heterocycles. The summed E-state index contributed by atoms with van der Waals surface area (Å²) in [6, 6.07) is 10.5. The Morgan fingerprint density at radius 1 is 0.750 bits per heavy atom. The van der Waals surface area contributed by atoms with Gasteiger partial charge in [-0.2, -0.15) is 0 Å². The molecule has 6 nitrogen and oxygen atoms in total. The first-order chi connectivity index (χ1) is 13.7. The Bertz CT molecular complexity index is 1190. The van der Waals surface area contributed by atoms with E-state index in [1.54, 1.807) is 35.1 Å². The van der Waals surface area contributed by atoms with Gasteiger partial charge in [-0.1, -0.05) is 0 Å². The highest BCUT2D eigenvalue weighted by Gasteiger charge is 2.12. The van der Waals surface area contributed by atoms with Crippen LogP contribution in [0.1, 0.15) is 0 Å². The fraction of sp³-hybridized carbons (Fsp3) is 0. The Morgan fingerprint density at radius 2 is 1.21 bits per heavy atom. The minimum atomic E-state index is 0.0510. The summed E-state index contributed by atoms with van der Waals surface area (Å²) in [7, 11) is 0.102. The van der Waals surface area contributed by atoms with Crippen molar-refractivity contribution >= 4 is 83.2 Å². The molecule has 28 heavy (non-hydrogen) atoms. The Kier molecular flexibility index (Phi) is 4.65. The molecule has 2 unspecified atom stereocenters. The zero-order chi connectivity index (χ0) is 19.1. The number of hydrogen-bond donors (Lipinski definition) is 2. The molecule has 0 spiro atoms. The summed E-state index contributed by atoms with van der Waals surface area (Å²) in [6.07, 6.45) is 3.57. The van der Waals surface area contributed by atoms with Crippen LogP contribution in [0.2, 0.25) is 0 Å². The number of hydrogen-bond acceptors (Lipinski definition) is 6. The van der Waals surface area contributed by atoms with Crippen LogP contribution in [0.3, 0.4) is 0 Å². The van der Waals surface area contributed by atoms with Crippen LogP contribution >= 0.6 is 39.8 Å². The maximum Gasteiger partial charge on any atom is 0.146 e. The van der Waals surface area contributed by atoms with Gasteiger partial charge in [0.15, 0.2) is 0 Å². The van der Waals surface area contributed by atoms with Gasteiger partial charge >= 0.3 is 0 Å². The fourth-order valence-corrected chi connectivity index (χ4v) is 6.02. The van der Waals surface area contributed by atoms with E-state index in [2.05, 4.69) is 44.2 Å². The lowest BCUT2D eigenvalue weighted by atomic mass is 10.2. The molecule has 0 aliphatic heterocycles. The highest BCUT2D eigenvalue weighted by Crippen LogP contribution is 2.39. The third-order valence-electron chi connectivity index (χ3n) is 4.23. The maximum absolute atomic E-state index is 10.7. The average Bonchev–Trinajstić information content (AvgIpc) is 3.45. The molecule has 10 heteroatoms. The lowest BCUT2D eigenvalue weighted by Gasteiger charge is -1.89. The minimum Gasteiger partial charge on any atom is -0.338 e. The summed E-state index contributed by atoms with van der Waals surface area (Å²) in [5, 5.41) is 2.37. The molecule has 4 heterocycles. The molecule has 5 rings (SSSR count). The fourth-order valence-electron chi connectivity index (χ4n) is 2.99. The third kappa shape index (κ3) is 3.23. The summed E-state index contributed by atoms with van der Waals surface area (Å²) in [4.78, 5) is 38.5. The minimum absolute atomic E-state index is 0.0510. The van der Waals surface area contributed by atoms with Gasteiger partial charge in [-0.3, -0.25) is 9.59 Å². The monoisotopic (exact) mass is 442 g/mol. The summed E-state index contributed by atoms with van der Waals surface area (Å²) in [6.45, 7) is 0. The van der Waals surface area contributed by atoms with Gasteiger partial charge in [0.05, 0.1) is 33.5 Å². The summed E-state index contributed by atoms with van der Waals surface area (Å²) < 4.78 is 2.40. The molecule has 0 amide bonds. The van der Waals surface area contributed by atoms with Crippen LogP contribution in [-0.4, -0.2) is 32.0 Å². The van der Waals surface area contributed by atoms with Crippen molar-refractivity contribution in [1.29, 1.82) is 0 Å². The predicted octanol–water partition coefficient (Wildman–Crippen LogP) is 3.88. The number of carbonyl (C=O) groups is 2. The average molecular weight is 442 g/mol. The second-order valence-electron chi connectivity index (χ2n) is 5.96. The van der Waals surface area contributed by atoms with E-state index < -0.39 is 0 Å². The zero-order valence-corrected chi connectivity index (χ0v) is 17.8. The van der Waals surface area contributed by atoms with Crippen LogP contribution in [0.15, 0.2) is 36.7 Å². The lowest BCUT2D eigenvalue weighted by Crippen LogP contribution is -1.97. The number of rotatable bonds is 6. The first-order valence-electron chi connectivity index (χ1n) is 8.22. The molecular weight excluding hydrogens is 430 g/mol. The largest absolute Gasteiger partial charge is 0.338 e. The van der Waals surface area contributed by atoms with Gasteiger partial charge in [0.2, 0.25) is 0 Å². The number of thiophene rings is 2. The number of aromatic amines is 2. The van der Waals surface area contributed by atoms with Crippen molar-refractivity contribution in [2.75, 3.05) is 0 Å². The van der Waals surface area contributed by atoms with Gasteiger partial charge in [-0.05, 0) is 35.0 Å². The van der Waals surface area contributed by atoms with Crippen molar-refractivity contribution in [3.8, 4) is 21.1 Å². The number of carbonyl (C=O) groups excluding carboxylic acids is 2. The van der Waals surface area contributed by atoms with Crippen LogP contribution in [-0.2, 0) is 9.59 Å². The zero-order valence-electron chi connectivity index (χ0n) is 14.1. The molecule has 0 aliphatic rings. The van der Waals surface area contributed by atoms with Gasteiger partial charge in [-0.25, -0.2) is 9.97 Å². The van der Waals surface area contributed by atoms with Crippen LogP contribution in [0, 0.1) is 0 Å². The van der Waals surface area contributed by atoms with E-state index in [1.165, 1.54) is 20.2 Å². The molecule has 0 fully saturated rings. The second kappa shape index (κ2) is 7.30. The number of nitrogens with zero attached hydrogens (tertiary/aromatic N) is 2. The molecule has 0 bridgehead atoms. The van der Waals surface area contributed by atoms with Crippen molar-refractivity contribution < 1.29 is 9.59 Å². The molecule has 2 atom stereocenters. The quantitative estimate of drug-likeness (QED) is 0.308. The van der Waals surface area contributed by atoms with Gasteiger partial charge in [0.1, 0.15) is 23.2 Å². The highest BCUT2D eigenvalue weighted by molar-refractivity contribution is 7.62. The molecule has 0 aliphatic carbocycles. The SMILES string of the molecule is O=CPc1ncc(-c2cc3cc4sc(-c5cnc(PC=O)[nH]5)cc4cc3s2)[nH]1. The number of aromatic nitrogens is 4. The molecule has 0 radical (unpaired) electrons. The topological polar surface area (TPSA) is 91.5 Å². The Morgan fingerprint density at radius 3 is 1.64 bits per heavy atom. The molecule has 0 saturated carbocycles. The van der Waals surface area contributed by atoms with Gasteiger partial charge in [0.25, 0.3) is 0 Å². The molecule has 138 valence electrons. The van der Waals surface area contributed by atoms with E-state index in [-0.39, 0.29) is 17.2 Å². The van der Waals surface area contributed by atoms with Crippen molar-refractivity contribution in [2.24, 2.45) is 0 Å². The molecule has 2 N–H and O–H groups in total. The van der Waals surface area contributed by atoms with Crippen molar-refractivity contribution in [3.05, 3.63) is 36.7 Å².